The summed E-state index contributed by atoms with van der Waals surface area (Å²) < 4.78 is 0. The van der Waals surface area contributed by atoms with Crippen molar-refractivity contribution >= 4 is 6.08 Å². The van der Waals surface area contributed by atoms with Gasteiger partial charge in [0.1, 0.15) is 0 Å². The van der Waals surface area contributed by atoms with Gasteiger partial charge in [-0.2, -0.15) is 0 Å². The van der Waals surface area contributed by atoms with Crippen molar-refractivity contribution in [3.63, 3.8) is 0 Å². The number of hydrogen-bond donors (Lipinski definition) is 0. The third-order valence-electron chi connectivity index (χ3n) is 2.02. The minimum absolute atomic E-state index is 0.562. The van der Waals surface area contributed by atoms with E-state index in [-0.39, 0.29) is 0 Å². The van der Waals surface area contributed by atoms with Gasteiger partial charge in [-0.3, -0.25) is 0 Å². The van der Waals surface area contributed by atoms with Crippen LogP contribution in [0.4, 0.5) is 0 Å². The number of allylic oxidation sites excluding steroid dienone is 1. The molecule has 0 unspecified atom stereocenters. The van der Waals surface area contributed by atoms with Gasteiger partial charge in [0.05, 0.1) is 6.54 Å². The first-order valence-corrected chi connectivity index (χ1v) is 4.83. The fourth-order valence-corrected chi connectivity index (χ4v) is 1.48. The molecule has 74 valence electrons. The summed E-state index contributed by atoms with van der Waals surface area (Å²) in [5, 5.41) is 0. The van der Waals surface area contributed by atoms with Gasteiger partial charge in [0, 0.05) is 0 Å². The lowest BCUT2D eigenvalue weighted by atomic mass is 9.92. The van der Waals surface area contributed by atoms with E-state index >= 15 is 0 Å². The number of isocyanates is 1. The molecule has 0 aromatic rings. The number of nitrogens with zero attached hydrogens (tertiary/aromatic N) is 1. The molecule has 13 heavy (non-hydrogen) atoms. The summed E-state index contributed by atoms with van der Waals surface area (Å²) in [6.45, 7) is 9.32. The molecule has 0 aliphatic rings. The van der Waals surface area contributed by atoms with Gasteiger partial charge in [-0.1, -0.05) is 39.3 Å². The summed E-state index contributed by atoms with van der Waals surface area (Å²) in [6, 6.07) is 0. The maximum absolute atomic E-state index is 9.80. The standard InChI is InChI=1S/C11H19NO/c1-9(2)11(10(3)4)6-5-7-12-8-13/h6,9-10H,5,7H2,1-4H3. The fraction of sp³-hybridized carbons (Fsp3) is 0.727. The average Bonchev–Trinajstić information content (AvgIpc) is 2.02. The van der Waals surface area contributed by atoms with E-state index in [1.807, 2.05) is 0 Å². The zero-order valence-corrected chi connectivity index (χ0v) is 9.00. The minimum atomic E-state index is 0.562. The maximum atomic E-state index is 9.80. The van der Waals surface area contributed by atoms with E-state index in [9.17, 15) is 4.79 Å². The molecule has 0 radical (unpaired) electrons. The molecule has 0 saturated carbocycles. The summed E-state index contributed by atoms with van der Waals surface area (Å²) in [4.78, 5) is 13.3. The number of aliphatic imine (C=N–C) groups is 1. The monoisotopic (exact) mass is 181 g/mol. The third kappa shape index (κ3) is 5.37. The first kappa shape index (κ1) is 12.1. The number of carbonyl (C=O) groups excluding carboxylic acids is 1. The Morgan fingerprint density at radius 2 is 1.85 bits per heavy atom. The van der Waals surface area contributed by atoms with E-state index in [1.54, 1.807) is 6.08 Å². The van der Waals surface area contributed by atoms with Crippen LogP contribution in [0.5, 0.6) is 0 Å². The van der Waals surface area contributed by atoms with Crippen LogP contribution in [-0.4, -0.2) is 12.6 Å². The predicted molar refractivity (Wildman–Crippen MR) is 55.4 cm³/mol. The quantitative estimate of drug-likeness (QED) is 0.277. The third-order valence-corrected chi connectivity index (χ3v) is 2.02. The van der Waals surface area contributed by atoms with Gasteiger partial charge < -0.3 is 0 Å². The van der Waals surface area contributed by atoms with Gasteiger partial charge in [-0.05, 0) is 18.3 Å². The van der Waals surface area contributed by atoms with Crippen LogP contribution >= 0.6 is 0 Å². The fourth-order valence-electron chi connectivity index (χ4n) is 1.48. The smallest absolute Gasteiger partial charge is 0.211 e. The Bertz CT molecular complexity index is 200. The molecule has 0 aromatic carbocycles. The zero-order chi connectivity index (χ0) is 10.3. The lowest BCUT2D eigenvalue weighted by molar-refractivity contribution is 0.563. The molecule has 0 fully saturated rings. The Morgan fingerprint density at radius 1 is 1.31 bits per heavy atom. The molecule has 0 aliphatic carbocycles. The normalized spacial score (nSPS) is 10.0. The molecule has 0 atom stereocenters. The van der Waals surface area contributed by atoms with Crippen molar-refractivity contribution in [2.24, 2.45) is 16.8 Å². The van der Waals surface area contributed by atoms with Gasteiger partial charge in [0.2, 0.25) is 6.08 Å². The Hall–Kier alpha value is -0.880. The highest BCUT2D eigenvalue weighted by molar-refractivity contribution is 5.32. The van der Waals surface area contributed by atoms with E-state index in [4.69, 9.17) is 0 Å². The molecule has 0 heterocycles. The molecular formula is C11H19NO. The second-order valence-electron chi connectivity index (χ2n) is 3.78. The Kier molecular flexibility index (Phi) is 6.17. The van der Waals surface area contributed by atoms with Crippen LogP contribution in [0.2, 0.25) is 0 Å². The Labute approximate surface area is 80.8 Å². The largest absolute Gasteiger partial charge is 0.234 e. The van der Waals surface area contributed by atoms with Crippen molar-refractivity contribution in [1.82, 2.24) is 0 Å². The van der Waals surface area contributed by atoms with Crippen LogP contribution in [0.25, 0.3) is 0 Å². The van der Waals surface area contributed by atoms with Crippen LogP contribution in [0.15, 0.2) is 16.6 Å². The molecule has 0 N–H and O–H groups in total. The summed E-state index contributed by atoms with van der Waals surface area (Å²) >= 11 is 0. The summed E-state index contributed by atoms with van der Waals surface area (Å²) in [5.74, 6) is 1.17. The molecule has 2 nitrogen and oxygen atoms in total. The van der Waals surface area contributed by atoms with Crippen LogP contribution in [0, 0.1) is 11.8 Å². The average molecular weight is 181 g/mol. The highest BCUT2D eigenvalue weighted by Gasteiger charge is 2.06. The molecule has 0 amide bonds. The summed E-state index contributed by atoms with van der Waals surface area (Å²) in [6.07, 6.45) is 4.58. The Balaban J connectivity index is 4.12. The highest BCUT2D eigenvalue weighted by Crippen LogP contribution is 2.19. The van der Waals surface area contributed by atoms with E-state index in [2.05, 4.69) is 38.8 Å². The first-order valence-electron chi connectivity index (χ1n) is 4.83. The molecule has 0 bridgehead atoms. The van der Waals surface area contributed by atoms with Crippen molar-refractivity contribution in [3.05, 3.63) is 11.6 Å². The van der Waals surface area contributed by atoms with Crippen molar-refractivity contribution < 1.29 is 4.79 Å². The van der Waals surface area contributed by atoms with E-state index in [0.29, 0.717) is 18.4 Å². The van der Waals surface area contributed by atoms with Crippen molar-refractivity contribution in [1.29, 1.82) is 0 Å². The molecule has 0 aliphatic heterocycles. The summed E-state index contributed by atoms with van der Waals surface area (Å²) in [7, 11) is 0. The van der Waals surface area contributed by atoms with Gasteiger partial charge in [-0.15, -0.1) is 0 Å². The number of rotatable bonds is 5. The van der Waals surface area contributed by atoms with E-state index in [1.165, 1.54) is 5.57 Å². The lowest BCUT2D eigenvalue weighted by Gasteiger charge is -2.14. The van der Waals surface area contributed by atoms with Gasteiger partial charge in [0.15, 0.2) is 0 Å². The van der Waals surface area contributed by atoms with Crippen molar-refractivity contribution in [2.75, 3.05) is 6.54 Å². The van der Waals surface area contributed by atoms with Crippen molar-refractivity contribution in [3.8, 4) is 0 Å². The maximum Gasteiger partial charge on any atom is 0.234 e. The lowest BCUT2D eigenvalue weighted by Crippen LogP contribution is -2.02. The summed E-state index contributed by atoms with van der Waals surface area (Å²) in [5.41, 5.74) is 1.45. The predicted octanol–water partition coefficient (Wildman–Crippen LogP) is 2.95. The highest BCUT2D eigenvalue weighted by atomic mass is 16.1. The van der Waals surface area contributed by atoms with Crippen molar-refractivity contribution in [2.45, 2.75) is 34.1 Å². The van der Waals surface area contributed by atoms with E-state index in [0.717, 1.165) is 6.42 Å². The molecule has 0 saturated heterocycles. The van der Waals surface area contributed by atoms with Gasteiger partial charge >= 0.3 is 0 Å². The van der Waals surface area contributed by atoms with Gasteiger partial charge in [0.25, 0.3) is 0 Å². The van der Waals surface area contributed by atoms with Crippen LogP contribution in [0.3, 0.4) is 0 Å². The molecule has 0 aromatic heterocycles. The van der Waals surface area contributed by atoms with Crippen LogP contribution in [-0.2, 0) is 4.79 Å². The van der Waals surface area contributed by atoms with Gasteiger partial charge in [-0.25, -0.2) is 9.79 Å². The topological polar surface area (TPSA) is 29.4 Å². The molecule has 0 rings (SSSR count). The van der Waals surface area contributed by atoms with E-state index < -0.39 is 0 Å². The molecule has 2 heteroatoms. The van der Waals surface area contributed by atoms with Crippen LogP contribution < -0.4 is 0 Å². The Morgan fingerprint density at radius 3 is 2.23 bits per heavy atom. The zero-order valence-electron chi connectivity index (χ0n) is 9.00. The number of hydrogen-bond acceptors (Lipinski definition) is 2. The second kappa shape index (κ2) is 6.62. The molecular weight excluding hydrogens is 162 g/mol. The first-order chi connectivity index (χ1) is 6.09. The second-order valence-corrected chi connectivity index (χ2v) is 3.78. The SMILES string of the molecule is CC(C)C(=CCCN=C=O)C(C)C. The molecule has 0 spiro atoms. The minimum Gasteiger partial charge on any atom is -0.211 e. The van der Waals surface area contributed by atoms with Crippen LogP contribution in [0.1, 0.15) is 34.1 Å².